The molecule has 2 atom stereocenters. The van der Waals surface area contributed by atoms with Crippen LogP contribution in [0.4, 0.5) is 16.2 Å². The Bertz CT molecular complexity index is 445. The van der Waals surface area contributed by atoms with Crippen LogP contribution >= 0.6 is 0 Å². The lowest BCUT2D eigenvalue weighted by Crippen LogP contribution is -2.21. The normalized spacial score (nSPS) is 21.6. The molecule has 0 aromatic heterocycles. The highest BCUT2D eigenvalue weighted by Gasteiger charge is 2.18. The summed E-state index contributed by atoms with van der Waals surface area (Å²) in [5.74, 6) is 1.65. The van der Waals surface area contributed by atoms with Gasteiger partial charge in [-0.3, -0.25) is 5.32 Å². The molecule has 21 heavy (non-hydrogen) atoms. The summed E-state index contributed by atoms with van der Waals surface area (Å²) in [5.41, 5.74) is 1.85. The Morgan fingerprint density at radius 1 is 1.24 bits per heavy atom. The van der Waals surface area contributed by atoms with Crippen molar-refractivity contribution in [1.29, 1.82) is 0 Å². The van der Waals surface area contributed by atoms with Gasteiger partial charge in [-0.15, -0.1) is 0 Å². The first-order valence-corrected chi connectivity index (χ1v) is 7.95. The molecule has 4 heteroatoms. The number of carbonyl (C=O) groups excluding carboxylic acids is 1. The Hall–Kier alpha value is -1.71. The number of carbonyl (C=O) groups is 1. The van der Waals surface area contributed by atoms with Gasteiger partial charge in [-0.2, -0.15) is 0 Å². The highest BCUT2D eigenvalue weighted by atomic mass is 16.5. The number of hydrogen-bond donors (Lipinski definition) is 2. The van der Waals surface area contributed by atoms with Gasteiger partial charge < -0.3 is 10.1 Å². The van der Waals surface area contributed by atoms with E-state index in [0.717, 1.165) is 29.8 Å². The molecule has 2 N–H and O–H groups in total. The van der Waals surface area contributed by atoms with Crippen molar-refractivity contribution >= 4 is 17.5 Å². The number of benzene rings is 1. The highest BCUT2D eigenvalue weighted by Crippen LogP contribution is 2.28. The second-order valence-electron chi connectivity index (χ2n) is 5.94. The predicted octanol–water partition coefficient (Wildman–Crippen LogP) is 4.49. The van der Waals surface area contributed by atoms with E-state index < -0.39 is 6.09 Å². The first-order valence-electron chi connectivity index (χ1n) is 7.95. The van der Waals surface area contributed by atoms with E-state index >= 15 is 0 Å². The first-order chi connectivity index (χ1) is 10.2. The molecule has 1 aliphatic rings. The SMILES string of the molecule is CCOC(=O)Nc1ccc(NCC2CCCC(C)C2)cc1. The topological polar surface area (TPSA) is 50.4 Å². The standard InChI is InChI=1S/C17H26N2O2/c1-3-21-17(20)19-16-9-7-15(8-10-16)18-12-14-6-4-5-13(2)11-14/h7-10,13-14,18H,3-6,11-12H2,1-2H3,(H,19,20). The summed E-state index contributed by atoms with van der Waals surface area (Å²) < 4.78 is 4.85. The molecule has 1 aliphatic carbocycles. The third-order valence-corrected chi connectivity index (χ3v) is 4.05. The Kier molecular flexibility index (Phi) is 5.90. The quantitative estimate of drug-likeness (QED) is 0.840. The van der Waals surface area contributed by atoms with Crippen LogP contribution in [0.15, 0.2) is 24.3 Å². The van der Waals surface area contributed by atoms with Gasteiger partial charge in [-0.25, -0.2) is 4.79 Å². The van der Waals surface area contributed by atoms with E-state index in [1.165, 1.54) is 25.7 Å². The maximum absolute atomic E-state index is 11.3. The summed E-state index contributed by atoms with van der Waals surface area (Å²) in [6, 6.07) is 7.77. The molecule has 1 saturated carbocycles. The molecule has 1 aromatic rings. The molecule has 0 bridgehead atoms. The molecule has 1 amide bonds. The second kappa shape index (κ2) is 7.91. The summed E-state index contributed by atoms with van der Waals surface area (Å²) in [6.45, 7) is 5.56. The highest BCUT2D eigenvalue weighted by molar-refractivity contribution is 5.84. The van der Waals surface area contributed by atoms with Gasteiger partial charge in [-0.1, -0.05) is 19.8 Å². The van der Waals surface area contributed by atoms with Gasteiger partial charge in [0.1, 0.15) is 0 Å². The van der Waals surface area contributed by atoms with Crippen molar-refractivity contribution in [3.05, 3.63) is 24.3 Å². The number of hydrogen-bond acceptors (Lipinski definition) is 3. The van der Waals surface area contributed by atoms with Crippen LogP contribution in [-0.4, -0.2) is 19.2 Å². The van der Waals surface area contributed by atoms with Crippen molar-refractivity contribution in [2.75, 3.05) is 23.8 Å². The molecule has 1 aromatic carbocycles. The Balaban J connectivity index is 1.78. The Morgan fingerprint density at radius 3 is 2.62 bits per heavy atom. The van der Waals surface area contributed by atoms with Gasteiger partial charge in [0.15, 0.2) is 0 Å². The number of ether oxygens (including phenoxy) is 1. The van der Waals surface area contributed by atoms with Crippen LogP contribution < -0.4 is 10.6 Å². The van der Waals surface area contributed by atoms with E-state index in [-0.39, 0.29) is 0 Å². The lowest BCUT2D eigenvalue weighted by atomic mass is 9.82. The molecule has 0 radical (unpaired) electrons. The maximum atomic E-state index is 11.3. The number of amides is 1. The predicted molar refractivity (Wildman–Crippen MR) is 86.7 cm³/mol. The van der Waals surface area contributed by atoms with E-state index in [1.54, 1.807) is 6.92 Å². The number of rotatable bonds is 5. The van der Waals surface area contributed by atoms with Crippen molar-refractivity contribution in [2.24, 2.45) is 11.8 Å². The van der Waals surface area contributed by atoms with E-state index in [1.807, 2.05) is 24.3 Å². The van der Waals surface area contributed by atoms with Gasteiger partial charge in [0.2, 0.25) is 0 Å². The molecule has 0 spiro atoms. The number of nitrogens with one attached hydrogen (secondary N) is 2. The van der Waals surface area contributed by atoms with Gasteiger partial charge in [-0.05, 0) is 55.9 Å². The fourth-order valence-corrected chi connectivity index (χ4v) is 2.96. The van der Waals surface area contributed by atoms with E-state index in [0.29, 0.717) is 6.61 Å². The average Bonchev–Trinajstić information content (AvgIpc) is 2.47. The minimum Gasteiger partial charge on any atom is -0.450 e. The van der Waals surface area contributed by atoms with E-state index in [9.17, 15) is 4.79 Å². The van der Waals surface area contributed by atoms with Crippen LogP contribution in [0.1, 0.15) is 39.5 Å². The fourth-order valence-electron chi connectivity index (χ4n) is 2.96. The molecule has 116 valence electrons. The van der Waals surface area contributed by atoms with Crippen molar-refractivity contribution in [3.63, 3.8) is 0 Å². The molecule has 2 unspecified atom stereocenters. The lowest BCUT2D eigenvalue weighted by molar-refractivity contribution is 0.168. The van der Waals surface area contributed by atoms with Crippen LogP contribution in [0.5, 0.6) is 0 Å². The van der Waals surface area contributed by atoms with Crippen molar-refractivity contribution in [3.8, 4) is 0 Å². The summed E-state index contributed by atoms with van der Waals surface area (Å²) in [5, 5.41) is 6.19. The summed E-state index contributed by atoms with van der Waals surface area (Å²) in [4.78, 5) is 11.3. The van der Waals surface area contributed by atoms with Crippen molar-refractivity contribution < 1.29 is 9.53 Å². The van der Waals surface area contributed by atoms with Crippen LogP contribution in [0.25, 0.3) is 0 Å². The minimum absolute atomic E-state index is 0.380. The van der Waals surface area contributed by atoms with Crippen molar-refractivity contribution in [1.82, 2.24) is 0 Å². The smallest absolute Gasteiger partial charge is 0.411 e. The third kappa shape index (κ3) is 5.29. The van der Waals surface area contributed by atoms with Gasteiger partial charge >= 0.3 is 6.09 Å². The second-order valence-corrected chi connectivity index (χ2v) is 5.94. The molecule has 0 aliphatic heterocycles. The Labute approximate surface area is 127 Å². The zero-order valence-electron chi connectivity index (χ0n) is 13.0. The summed E-state index contributed by atoms with van der Waals surface area (Å²) >= 11 is 0. The molecule has 0 heterocycles. The molecule has 1 fully saturated rings. The lowest BCUT2D eigenvalue weighted by Gasteiger charge is -2.27. The number of anilines is 2. The zero-order valence-corrected chi connectivity index (χ0v) is 13.0. The maximum Gasteiger partial charge on any atom is 0.411 e. The minimum atomic E-state index is -0.408. The molecule has 2 rings (SSSR count). The van der Waals surface area contributed by atoms with E-state index in [2.05, 4.69) is 17.6 Å². The van der Waals surface area contributed by atoms with Crippen molar-refractivity contribution in [2.45, 2.75) is 39.5 Å². The van der Waals surface area contributed by atoms with Gasteiger partial charge in [0, 0.05) is 17.9 Å². The monoisotopic (exact) mass is 290 g/mol. The van der Waals surface area contributed by atoms with E-state index in [4.69, 9.17) is 4.74 Å². The van der Waals surface area contributed by atoms with Crippen LogP contribution in [0, 0.1) is 11.8 Å². The van der Waals surface area contributed by atoms with Crippen LogP contribution in [0.3, 0.4) is 0 Å². The van der Waals surface area contributed by atoms with Gasteiger partial charge in [0.05, 0.1) is 6.61 Å². The molecule has 0 saturated heterocycles. The van der Waals surface area contributed by atoms with Crippen LogP contribution in [-0.2, 0) is 4.74 Å². The first kappa shape index (κ1) is 15.7. The largest absolute Gasteiger partial charge is 0.450 e. The zero-order chi connectivity index (χ0) is 15.1. The Morgan fingerprint density at radius 2 is 1.95 bits per heavy atom. The van der Waals surface area contributed by atoms with Crippen LogP contribution in [0.2, 0.25) is 0 Å². The fraction of sp³-hybridized carbons (Fsp3) is 0.588. The molecular weight excluding hydrogens is 264 g/mol. The average molecular weight is 290 g/mol. The summed E-state index contributed by atoms with van der Waals surface area (Å²) in [6.07, 6.45) is 4.99. The summed E-state index contributed by atoms with van der Waals surface area (Å²) in [7, 11) is 0. The third-order valence-electron chi connectivity index (χ3n) is 4.05. The molecule has 4 nitrogen and oxygen atoms in total. The van der Waals surface area contributed by atoms with Gasteiger partial charge in [0.25, 0.3) is 0 Å². The molecular formula is C17H26N2O2.